The number of hydrogen-bond acceptors (Lipinski definition) is 2. The monoisotopic (exact) mass is 200 g/mol. The van der Waals surface area contributed by atoms with Gasteiger partial charge in [0, 0.05) is 6.61 Å². The van der Waals surface area contributed by atoms with Crippen LogP contribution in [-0.4, -0.2) is 19.5 Å². The SMILES string of the molecule is CCCCCCCCCCOC1CO1. The van der Waals surface area contributed by atoms with E-state index in [-0.39, 0.29) is 6.29 Å². The summed E-state index contributed by atoms with van der Waals surface area (Å²) in [6, 6.07) is 0. The molecule has 0 aromatic rings. The lowest BCUT2D eigenvalue weighted by Crippen LogP contribution is -1.97. The largest absolute Gasteiger partial charge is 0.350 e. The summed E-state index contributed by atoms with van der Waals surface area (Å²) < 4.78 is 10.3. The molecule has 0 aromatic heterocycles. The Morgan fingerprint density at radius 3 is 2.14 bits per heavy atom. The maximum absolute atomic E-state index is 5.38. The number of hydrogen-bond donors (Lipinski definition) is 0. The minimum Gasteiger partial charge on any atom is -0.350 e. The highest BCUT2D eigenvalue weighted by molar-refractivity contribution is 4.55. The van der Waals surface area contributed by atoms with Crippen LogP contribution in [0.15, 0.2) is 0 Å². The molecule has 1 aliphatic heterocycles. The van der Waals surface area contributed by atoms with Crippen molar-refractivity contribution < 1.29 is 9.47 Å². The maximum atomic E-state index is 5.38. The molecule has 14 heavy (non-hydrogen) atoms. The van der Waals surface area contributed by atoms with E-state index in [0.717, 1.165) is 13.2 Å². The summed E-state index contributed by atoms with van der Waals surface area (Å²) in [5, 5.41) is 0. The third-order valence-corrected chi connectivity index (χ3v) is 2.60. The van der Waals surface area contributed by atoms with Crippen LogP contribution in [0, 0.1) is 0 Å². The Kier molecular flexibility index (Phi) is 7.06. The van der Waals surface area contributed by atoms with Crippen molar-refractivity contribution in [2.45, 2.75) is 64.6 Å². The summed E-state index contributed by atoms with van der Waals surface area (Å²) in [6.45, 7) is 3.97. The van der Waals surface area contributed by atoms with Crippen molar-refractivity contribution in [3.05, 3.63) is 0 Å². The van der Waals surface area contributed by atoms with Crippen LogP contribution in [0.1, 0.15) is 58.3 Å². The summed E-state index contributed by atoms with van der Waals surface area (Å²) in [4.78, 5) is 0. The van der Waals surface area contributed by atoms with Gasteiger partial charge >= 0.3 is 0 Å². The second-order valence-corrected chi connectivity index (χ2v) is 4.11. The molecule has 0 spiro atoms. The molecule has 0 aliphatic carbocycles. The van der Waals surface area contributed by atoms with Gasteiger partial charge in [-0.1, -0.05) is 51.9 Å². The van der Waals surface area contributed by atoms with Crippen molar-refractivity contribution in [1.29, 1.82) is 0 Å². The Balaban J connectivity index is 1.63. The average molecular weight is 200 g/mol. The Morgan fingerprint density at radius 2 is 1.57 bits per heavy atom. The molecule has 1 saturated heterocycles. The average Bonchev–Trinajstić information content (AvgIpc) is 2.99. The molecule has 2 nitrogen and oxygen atoms in total. The molecule has 0 aromatic carbocycles. The fourth-order valence-electron chi connectivity index (χ4n) is 1.59. The summed E-state index contributed by atoms with van der Waals surface area (Å²) in [7, 11) is 0. The lowest BCUT2D eigenvalue weighted by atomic mass is 10.1. The lowest BCUT2D eigenvalue weighted by Gasteiger charge is -2.01. The molecule has 0 N–H and O–H groups in total. The molecule has 0 amide bonds. The first-order valence-electron chi connectivity index (χ1n) is 6.16. The van der Waals surface area contributed by atoms with E-state index in [9.17, 15) is 0 Å². The topological polar surface area (TPSA) is 21.8 Å². The standard InChI is InChI=1S/C12H24O2/c1-2-3-4-5-6-7-8-9-10-13-12-11-14-12/h12H,2-11H2,1H3. The fourth-order valence-corrected chi connectivity index (χ4v) is 1.59. The molecule has 1 rings (SSSR count). The van der Waals surface area contributed by atoms with Crippen LogP contribution in [0.25, 0.3) is 0 Å². The summed E-state index contributed by atoms with van der Waals surface area (Å²) in [5.41, 5.74) is 0. The van der Waals surface area contributed by atoms with Gasteiger partial charge in [-0.3, -0.25) is 0 Å². The second kappa shape index (κ2) is 8.25. The minimum atomic E-state index is 0.152. The molecule has 0 radical (unpaired) electrons. The van der Waals surface area contributed by atoms with Crippen LogP contribution in [0.3, 0.4) is 0 Å². The highest BCUT2D eigenvalue weighted by Gasteiger charge is 2.22. The Morgan fingerprint density at radius 1 is 1.00 bits per heavy atom. The van der Waals surface area contributed by atoms with E-state index in [4.69, 9.17) is 9.47 Å². The van der Waals surface area contributed by atoms with Crippen LogP contribution in [0.2, 0.25) is 0 Å². The second-order valence-electron chi connectivity index (χ2n) is 4.11. The van der Waals surface area contributed by atoms with E-state index in [0.29, 0.717) is 0 Å². The first-order valence-corrected chi connectivity index (χ1v) is 6.16. The summed E-state index contributed by atoms with van der Waals surface area (Å²) in [6.07, 6.45) is 11.0. The van der Waals surface area contributed by atoms with Crippen molar-refractivity contribution in [2.24, 2.45) is 0 Å². The van der Waals surface area contributed by atoms with Crippen molar-refractivity contribution in [3.8, 4) is 0 Å². The summed E-state index contributed by atoms with van der Waals surface area (Å²) >= 11 is 0. The molecule has 1 unspecified atom stereocenters. The van der Waals surface area contributed by atoms with Crippen molar-refractivity contribution in [2.75, 3.05) is 13.2 Å². The van der Waals surface area contributed by atoms with E-state index in [1.54, 1.807) is 0 Å². The van der Waals surface area contributed by atoms with Crippen LogP contribution in [0.4, 0.5) is 0 Å². The van der Waals surface area contributed by atoms with Gasteiger partial charge in [0.15, 0.2) is 6.29 Å². The highest BCUT2D eigenvalue weighted by atomic mass is 16.8. The molecule has 84 valence electrons. The predicted molar refractivity (Wildman–Crippen MR) is 58.3 cm³/mol. The van der Waals surface area contributed by atoms with Crippen LogP contribution in [0.5, 0.6) is 0 Å². The van der Waals surface area contributed by atoms with Crippen LogP contribution >= 0.6 is 0 Å². The lowest BCUT2D eigenvalue weighted by molar-refractivity contribution is 0.0478. The van der Waals surface area contributed by atoms with Crippen molar-refractivity contribution >= 4 is 0 Å². The Bertz CT molecular complexity index is 121. The van der Waals surface area contributed by atoms with Crippen molar-refractivity contribution in [3.63, 3.8) is 0 Å². The van der Waals surface area contributed by atoms with Gasteiger partial charge < -0.3 is 9.47 Å². The van der Waals surface area contributed by atoms with E-state index in [1.807, 2.05) is 0 Å². The highest BCUT2D eigenvalue weighted by Crippen LogP contribution is 2.12. The number of epoxide rings is 1. The fraction of sp³-hybridized carbons (Fsp3) is 1.00. The van der Waals surface area contributed by atoms with E-state index in [2.05, 4.69) is 6.92 Å². The third kappa shape index (κ3) is 7.34. The van der Waals surface area contributed by atoms with E-state index < -0.39 is 0 Å². The van der Waals surface area contributed by atoms with E-state index in [1.165, 1.54) is 51.4 Å². The molecule has 2 heteroatoms. The van der Waals surface area contributed by atoms with Crippen LogP contribution < -0.4 is 0 Å². The predicted octanol–water partition coefficient (Wildman–Crippen LogP) is 3.50. The minimum absolute atomic E-state index is 0.152. The molecular weight excluding hydrogens is 176 g/mol. The van der Waals surface area contributed by atoms with Gasteiger partial charge in [0.2, 0.25) is 0 Å². The Labute approximate surface area is 88.0 Å². The molecule has 0 saturated carbocycles. The van der Waals surface area contributed by atoms with Crippen molar-refractivity contribution in [1.82, 2.24) is 0 Å². The van der Waals surface area contributed by atoms with Gasteiger partial charge in [-0.25, -0.2) is 0 Å². The smallest absolute Gasteiger partial charge is 0.181 e. The van der Waals surface area contributed by atoms with Gasteiger partial charge in [-0.05, 0) is 6.42 Å². The number of ether oxygens (including phenoxy) is 2. The zero-order valence-electron chi connectivity index (χ0n) is 9.46. The third-order valence-electron chi connectivity index (χ3n) is 2.60. The Hall–Kier alpha value is -0.0800. The quantitative estimate of drug-likeness (QED) is 0.397. The first kappa shape index (κ1) is 12.0. The van der Waals surface area contributed by atoms with E-state index >= 15 is 0 Å². The zero-order valence-corrected chi connectivity index (χ0v) is 9.46. The van der Waals surface area contributed by atoms with Gasteiger partial charge in [0.25, 0.3) is 0 Å². The molecule has 0 bridgehead atoms. The van der Waals surface area contributed by atoms with Gasteiger partial charge in [0.1, 0.15) is 6.61 Å². The maximum Gasteiger partial charge on any atom is 0.181 e. The molecular formula is C12H24O2. The normalized spacial score (nSPS) is 19.9. The molecule has 1 fully saturated rings. The first-order chi connectivity index (χ1) is 6.93. The summed E-state index contributed by atoms with van der Waals surface area (Å²) in [5.74, 6) is 0. The van der Waals surface area contributed by atoms with Crippen LogP contribution in [-0.2, 0) is 9.47 Å². The molecule has 1 heterocycles. The number of rotatable bonds is 10. The molecule has 1 aliphatic rings. The number of unbranched alkanes of at least 4 members (excludes halogenated alkanes) is 7. The zero-order chi connectivity index (χ0) is 10.1. The van der Waals surface area contributed by atoms with Gasteiger partial charge in [-0.2, -0.15) is 0 Å². The molecule has 1 atom stereocenters. The van der Waals surface area contributed by atoms with Gasteiger partial charge in [-0.15, -0.1) is 0 Å². The van der Waals surface area contributed by atoms with Gasteiger partial charge in [0.05, 0.1) is 0 Å².